The minimum absolute atomic E-state index is 0.114. The van der Waals surface area contributed by atoms with Crippen molar-refractivity contribution in [2.75, 3.05) is 0 Å². The molecule has 1 fully saturated rings. The van der Waals surface area contributed by atoms with Gasteiger partial charge >= 0.3 is 17.8 Å². The molecule has 3 nitrogen and oxygen atoms in total. The normalized spacial score (nSPS) is 34.8. The van der Waals surface area contributed by atoms with Gasteiger partial charge in [-0.25, -0.2) is 0 Å². The van der Waals surface area contributed by atoms with E-state index in [1.807, 2.05) is 0 Å². The first kappa shape index (κ1) is 19.7. The molecule has 2 unspecified atom stereocenters. The Kier molecular flexibility index (Phi) is 3.50. The number of aromatic nitrogens is 1. The zero-order valence-corrected chi connectivity index (χ0v) is 16.7. The quantitative estimate of drug-likeness (QED) is 0.528. The molecule has 0 saturated heterocycles. The molecule has 0 amide bonds. The number of fused-ring (bicyclic) bond motifs is 4. The van der Waals surface area contributed by atoms with E-state index in [0.29, 0.717) is 10.5 Å². The Morgan fingerprint density at radius 1 is 0.900 bits per heavy atom. The van der Waals surface area contributed by atoms with Crippen LogP contribution in [0.25, 0.3) is 4.91 Å². The highest BCUT2D eigenvalue weighted by molar-refractivity contribution is 8.10. The second kappa shape index (κ2) is 5.33. The topological polar surface area (TPSA) is 34.5 Å². The van der Waals surface area contributed by atoms with Gasteiger partial charge in [-0.15, -0.1) is 11.8 Å². The third-order valence-corrected chi connectivity index (χ3v) is 7.96. The summed E-state index contributed by atoms with van der Waals surface area (Å²) >= 11 is 1.10. The van der Waals surface area contributed by atoms with Gasteiger partial charge in [0.1, 0.15) is 0 Å². The van der Waals surface area contributed by atoms with Gasteiger partial charge in [-0.1, -0.05) is 5.16 Å². The highest BCUT2D eigenvalue weighted by Gasteiger charge is 2.85. The van der Waals surface area contributed by atoms with Gasteiger partial charge in [0.15, 0.2) is 5.60 Å². The molecule has 10 heteroatoms. The molecule has 2 aliphatic carbocycles. The fourth-order valence-electron chi connectivity index (χ4n) is 4.65. The maximum atomic E-state index is 14.9. The first-order valence-electron chi connectivity index (χ1n) is 8.99. The Bertz CT molecular complexity index is 1120. The van der Waals surface area contributed by atoms with E-state index in [1.165, 1.54) is 39.2 Å². The number of hydrogen-bond donors (Lipinski definition) is 0. The van der Waals surface area contributed by atoms with Gasteiger partial charge in [0.25, 0.3) is 0 Å². The second-order valence-electron chi connectivity index (χ2n) is 7.94. The van der Waals surface area contributed by atoms with Crippen LogP contribution in [0.15, 0.2) is 58.1 Å². The lowest BCUT2D eigenvalue weighted by molar-refractivity contribution is -0.258. The van der Waals surface area contributed by atoms with E-state index in [1.54, 1.807) is 12.1 Å². The smallest absolute Gasteiger partial charge is 0.380 e. The van der Waals surface area contributed by atoms with Crippen molar-refractivity contribution in [1.29, 1.82) is 0 Å². The SMILES string of the molecule is CC1=NOC2(C)C1=C1C(=C3C=C(c4ccncc4)SC32C)C(F)(F)C(F)(F)C1(F)F. The van der Waals surface area contributed by atoms with Crippen molar-refractivity contribution in [2.45, 2.75) is 48.9 Å². The van der Waals surface area contributed by atoms with Crippen molar-refractivity contribution in [3.63, 3.8) is 0 Å². The van der Waals surface area contributed by atoms with Crippen LogP contribution in [0.5, 0.6) is 0 Å². The maximum Gasteiger partial charge on any atom is 0.380 e. The zero-order valence-electron chi connectivity index (χ0n) is 15.9. The van der Waals surface area contributed by atoms with Crippen LogP contribution in [-0.2, 0) is 4.84 Å². The molecular formula is C20H14F6N2OS. The number of nitrogens with zero attached hydrogens (tertiary/aromatic N) is 2. The second-order valence-corrected chi connectivity index (χ2v) is 9.40. The highest BCUT2D eigenvalue weighted by atomic mass is 32.2. The molecule has 0 bridgehead atoms. The molecule has 0 spiro atoms. The summed E-state index contributed by atoms with van der Waals surface area (Å²) in [7, 11) is 0. The van der Waals surface area contributed by atoms with Crippen LogP contribution in [-0.4, -0.2) is 38.8 Å². The summed E-state index contributed by atoms with van der Waals surface area (Å²) in [6.07, 6.45) is 4.25. The molecule has 4 aliphatic rings. The van der Waals surface area contributed by atoms with Crippen molar-refractivity contribution in [3.05, 3.63) is 58.5 Å². The highest BCUT2D eigenvalue weighted by Crippen LogP contribution is 2.72. The lowest BCUT2D eigenvalue weighted by atomic mass is 9.68. The summed E-state index contributed by atoms with van der Waals surface area (Å²) in [5.41, 5.74) is -4.56. The molecular weight excluding hydrogens is 430 g/mol. The predicted molar refractivity (Wildman–Crippen MR) is 99.7 cm³/mol. The maximum absolute atomic E-state index is 14.9. The van der Waals surface area contributed by atoms with Crippen molar-refractivity contribution in [2.24, 2.45) is 5.16 Å². The van der Waals surface area contributed by atoms with Crippen molar-refractivity contribution in [3.8, 4) is 0 Å². The number of halogens is 6. The molecule has 0 radical (unpaired) electrons. The average Bonchev–Trinajstić information content (AvgIpc) is 3.22. The molecule has 30 heavy (non-hydrogen) atoms. The summed E-state index contributed by atoms with van der Waals surface area (Å²) in [6.45, 7) is 4.24. The molecule has 2 atom stereocenters. The van der Waals surface area contributed by atoms with Crippen LogP contribution in [0.3, 0.4) is 0 Å². The van der Waals surface area contributed by atoms with Gasteiger partial charge in [-0.2, -0.15) is 26.3 Å². The first-order valence-corrected chi connectivity index (χ1v) is 9.81. The molecule has 3 heterocycles. The van der Waals surface area contributed by atoms with E-state index >= 15 is 0 Å². The van der Waals surface area contributed by atoms with E-state index in [4.69, 9.17) is 4.84 Å². The largest absolute Gasteiger partial charge is 0.382 e. The summed E-state index contributed by atoms with van der Waals surface area (Å²) in [4.78, 5) is 9.86. The van der Waals surface area contributed by atoms with Gasteiger partial charge in [0, 0.05) is 34.0 Å². The zero-order chi connectivity index (χ0) is 21.9. The monoisotopic (exact) mass is 444 g/mol. The molecule has 1 aromatic heterocycles. The molecule has 0 N–H and O–H groups in total. The Labute approximate surface area is 171 Å². The van der Waals surface area contributed by atoms with Crippen LogP contribution in [0.1, 0.15) is 26.3 Å². The molecule has 1 aromatic rings. The molecule has 0 aromatic carbocycles. The predicted octanol–water partition coefficient (Wildman–Crippen LogP) is 5.62. The number of allylic oxidation sites excluding steroid dienone is 3. The van der Waals surface area contributed by atoms with E-state index < -0.39 is 44.8 Å². The number of thioether (sulfide) groups is 1. The summed E-state index contributed by atoms with van der Waals surface area (Å²) in [5.74, 6) is -15.7. The average molecular weight is 444 g/mol. The lowest BCUT2D eigenvalue weighted by Crippen LogP contribution is -2.53. The van der Waals surface area contributed by atoms with Crippen molar-refractivity contribution >= 4 is 22.4 Å². The number of pyridine rings is 1. The fraction of sp³-hybridized carbons (Fsp3) is 0.400. The van der Waals surface area contributed by atoms with Gasteiger partial charge in [-0.3, -0.25) is 4.98 Å². The van der Waals surface area contributed by atoms with Crippen LogP contribution >= 0.6 is 11.8 Å². The summed E-state index contributed by atoms with van der Waals surface area (Å²) < 4.78 is 87.1. The van der Waals surface area contributed by atoms with Gasteiger partial charge in [0.05, 0.1) is 10.5 Å². The van der Waals surface area contributed by atoms with Crippen LogP contribution < -0.4 is 0 Å². The summed E-state index contributed by atoms with van der Waals surface area (Å²) in [5, 5.41) is 3.74. The Hall–Kier alpha value is -2.23. The summed E-state index contributed by atoms with van der Waals surface area (Å²) in [6, 6.07) is 3.24. The number of rotatable bonds is 1. The fourth-order valence-corrected chi connectivity index (χ4v) is 6.12. The number of oxime groups is 1. The van der Waals surface area contributed by atoms with Crippen LogP contribution in [0.2, 0.25) is 0 Å². The number of alkyl halides is 6. The molecule has 158 valence electrons. The third kappa shape index (κ3) is 1.88. The minimum atomic E-state index is -5.59. The van der Waals surface area contributed by atoms with Crippen LogP contribution in [0.4, 0.5) is 26.3 Å². The Morgan fingerprint density at radius 3 is 2.13 bits per heavy atom. The molecule has 1 saturated carbocycles. The standard InChI is InChI=1S/C20H14F6N2OS/c1-9-13-15-14(18(21,22)20(25,26)19(15,23)24)11-8-12(10-4-6-27-7-5-10)30-17(11,3)16(13,2)29-28-9/h4-8H,1-3H3. The van der Waals surface area contributed by atoms with Gasteiger partial charge < -0.3 is 4.84 Å². The molecule has 2 aliphatic heterocycles. The Balaban J connectivity index is 1.90. The van der Waals surface area contributed by atoms with E-state index in [2.05, 4.69) is 10.1 Å². The lowest BCUT2D eigenvalue weighted by Gasteiger charge is -2.45. The van der Waals surface area contributed by atoms with Crippen molar-refractivity contribution in [1.82, 2.24) is 4.98 Å². The van der Waals surface area contributed by atoms with Gasteiger partial charge in [-0.05, 0) is 50.1 Å². The van der Waals surface area contributed by atoms with Gasteiger partial charge in [0.2, 0.25) is 0 Å². The minimum Gasteiger partial charge on any atom is -0.382 e. The van der Waals surface area contributed by atoms with E-state index in [0.717, 1.165) is 11.8 Å². The van der Waals surface area contributed by atoms with Crippen LogP contribution in [0, 0.1) is 0 Å². The molecule has 5 rings (SSSR count). The first-order chi connectivity index (χ1) is 13.8. The Morgan fingerprint density at radius 2 is 1.50 bits per heavy atom. The third-order valence-electron chi connectivity index (χ3n) is 6.37. The van der Waals surface area contributed by atoms with E-state index in [9.17, 15) is 26.3 Å². The van der Waals surface area contributed by atoms with E-state index in [-0.39, 0.29) is 11.3 Å². The number of hydrogen-bond acceptors (Lipinski definition) is 4. The van der Waals surface area contributed by atoms with Crippen molar-refractivity contribution < 1.29 is 31.2 Å².